The van der Waals surface area contributed by atoms with Gasteiger partial charge in [0.1, 0.15) is 0 Å². The third kappa shape index (κ3) is 3.52. The van der Waals surface area contributed by atoms with Gasteiger partial charge in [-0.05, 0) is 37.0 Å². The monoisotopic (exact) mass is 342 g/mol. The molecule has 134 valence electrons. The van der Waals surface area contributed by atoms with E-state index in [9.17, 15) is 34.5 Å². The molecule has 2 aliphatic carbocycles. The molecule has 8 nitrogen and oxygen atoms in total. The van der Waals surface area contributed by atoms with Gasteiger partial charge >= 0.3 is 23.9 Å². The molecular weight excluding hydrogens is 320 g/mol. The van der Waals surface area contributed by atoms with Crippen molar-refractivity contribution in [3.05, 3.63) is 0 Å². The molecule has 0 heterocycles. The highest BCUT2D eigenvalue weighted by Crippen LogP contribution is 2.52. The Morgan fingerprint density at radius 3 is 1.92 bits per heavy atom. The van der Waals surface area contributed by atoms with Gasteiger partial charge in [0.05, 0.1) is 24.2 Å². The topological polar surface area (TPSA) is 149 Å². The number of hydrogen-bond acceptors (Lipinski definition) is 4. The maximum absolute atomic E-state index is 11.6. The quantitative estimate of drug-likeness (QED) is 0.565. The van der Waals surface area contributed by atoms with E-state index in [0.29, 0.717) is 12.8 Å². The van der Waals surface area contributed by atoms with E-state index in [1.165, 1.54) is 0 Å². The highest BCUT2D eigenvalue weighted by Gasteiger charge is 2.53. The highest BCUT2D eigenvalue weighted by molar-refractivity contribution is 5.81. The van der Waals surface area contributed by atoms with Crippen LogP contribution in [0.1, 0.15) is 38.5 Å². The summed E-state index contributed by atoms with van der Waals surface area (Å²) >= 11 is 0. The Morgan fingerprint density at radius 2 is 1.46 bits per heavy atom. The Hall–Kier alpha value is -2.12. The van der Waals surface area contributed by atoms with Gasteiger partial charge in [0, 0.05) is 0 Å². The maximum atomic E-state index is 11.6. The predicted octanol–water partition coefficient (Wildman–Crippen LogP) is 1.39. The molecule has 2 fully saturated rings. The fraction of sp³-hybridized carbons (Fsp3) is 0.750. The van der Waals surface area contributed by atoms with E-state index in [2.05, 4.69) is 0 Å². The Morgan fingerprint density at radius 1 is 0.875 bits per heavy atom. The molecule has 0 saturated heterocycles. The summed E-state index contributed by atoms with van der Waals surface area (Å²) in [7, 11) is 0. The molecule has 0 aromatic heterocycles. The summed E-state index contributed by atoms with van der Waals surface area (Å²) in [5, 5.41) is 37.4. The van der Waals surface area contributed by atoms with Crippen molar-refractivity contribution in [1.82, 2.24) is 0 Å². The Balaban J connectivity index is 2.40. The predicted molar refractivity (Wildman–Crippen MR) is 79.2 cm³/mol. The largest absolute Gasteiger partial charge is 0.481 e. The van der Waals surface area contributed by atoms with Gasteiger partial charge in [-0.2, -0.15) is 0 Å². The van der Waals surface area contributed by atoms with Gasteiger partial charge in [-0.15, -0.1) is 0 Å². The van der Waals surface area contributed by atoms with Crippen molar-refractivity contribution in [2.45, 2.75) is 38.5 Å². The van der Waals surface area contributed by atoms with Crippen molar-refractivity contribution in [3.63, 3.8) is 0 Å². The van der Waals surface area contributed by atoms with Crippen LogP contribution in [0.3, 0.4) is 0 Å². The molecule has 0 aromatic carbocycles. The van der Waals surface area contributed by atoms with Crippen molar-refractivity contribution in [1.29, 1.82) is 0 Å². The lowest BCUT2D eigenvalue weighted by Crippen LogP contribution is -2.50. The molecule has 2 rings (SSSR count). The SMILES string of the molecule is O=C(O)CC(C(=O)O)C1CC(C(=O)O)C(C(=O)O)C2CCCCC12. The highest BCUT2D eigenvalue weighted by atomic mass is 16.4. The van der Waals surface area contributed by atoms with Crippen LogP contribution in [-0.4, -0.2) is 44.3 Å². The first-order chi connectivity index (χ1) is 11.2. The lowest BCUT2D eigenvalue weighted by Gasteiger charge is -2.48. The number of carbonyl (C=O) groups is 4. The lowest BCUT2D eigenvalue weighted by molar-refractivity contribution is -0.168. The molecule has 0 aliphatic heterocycles. The number of hydrogen-bond donors (Lipinski definition) is 4. The van der Waals surface area contributed by atoms with E-state index in [1.807, 2.05) is 0 Å². The average molecular weight is 342 g/mol. The summed E-state index contributed by atoms with van der Waals surface area (Å²) in [5.41, 5.74) is 0. The molecule has 8 heteroatoms. The van der Waals surface area contributed by atoms with Crippen LogP contribution in [-0.2, 0) is 19.2 Å². The fourth-order valence-corrected chi connectivity index (χ4v) is 4.76. The van der Waals surface area contributed by atoms with Crippen LogP contribution in [0.4, 0.5) is 0 Å². The van der Waals surface area contributed by atoms with Gasteiger partial charge in [0.2, 0.25) is 0 Å². The second-order valence-electron chi connectivity index (χ2n) is 6.86. The zero-order valence-corrected chi connectivity index (χ0v) is 13.1. The maximum Gasteiger partial charge on any atom is 0.307 e. The molecule has 2 saturated carbocycles. The van der Waals surface area contributed by atoms with Gasteiger partial charge in [0.15, 0.2) is 0 Å². The third-order valence-corrected chi connectivity index (χ3v) is 5.68. The van der Waals surface area contributed by atoms with E-state index in [1.54, 1.807) is 0 Å². The van der Waals surface area contributed by atoms with Crippen LogP contribution in [0, 0.1) is 35.5 Å². The number of carboxylic acids is 4. The number of rotatable bonds is 6. The first kappa shape index (κ1) is 18.2. The minimum atomic E-state index is -1.26. The van der Waals surface area contributed by atoms with E-state index >= 15 is 0 Å². The molecule has 0 radical (unpaired) electrons. The standard InChI is InChI=1S/C16H22O8/c17-12(18)6-10(14(19)20)9-5-11(15(21)22)13(16(23)24)8-4-2-1-3-7(8)9/h7-11,13H,1-6H2,(H,17,18)(H,19,20)(H,21,22)(H,23,24). The summed E-state index contributed by atoms with van der Waals surface area (Å²) in [4.78, 5) is 45.8. The molecule has 0 amide bonds. The van der Waals surface area contributed by atoms with Crippen molar-refractivity contribution < 1.29 is 39.6 Å². The van der Waals surface area contributed by atoms with Gasteiger partial charge in [-0.25, -0.2) is 0 Å². The van der Waals surface area contributed by atoms with Crippen LogP contribution in [0.5, 0.6) is 0 Å². The molecule has 0 bridgehead atoms. The molecular formula is C16H22O8. The van der Waals surface area contributed by atoms with Crippen molar-refractivity contribution >= 4 is 23.9 Å². The van der Waals surface area contributed by atoms with Crippen LogP contribution in [0.15, 0.2) is 0 Å². The minimum absolute atomic E-state index is 0.0995. The van der Waals surface area contributed by atoms with E-state index < -0.39 is 59.9 Å². The number of fused-ring (bicyclic) bond motifs is 1. The summed E-state index contributed by atoms with van der Waals surface area (Å²) < 4.78 is 0. The Bertz CT molecular complexity index is 530. The zero-order valence-electron chi connectivity index (χ0n) is 13.1. The van der Waals surface area contributed by atoms with Crippen LogP contribution in [0.2, 0.25) is 0 Å². The molecule has 2 aliphatic rings. The molecule has 6 unspecified atom stereocenters. The van der Waals surface area contributed by atoms with E-state index in [4.69, 9.17) is 5.11 Å². The normalized spacial score (nSPS) is 33.9. The molecule has 24 heavy (non-hydrogen) atoms. The average Bonchev–Trinajstić information content (AvgIpc) is 2.50. The summed E-state index contributed by atoms with van der Waals surface area (Å²) in [6.45, 7) is 0. The second kappa shape index (κ2) is 7.19. The zero-order chi connectivity index (χ0) is 18.0. The molecule has 0 spiro atoms. The molecule has 0 aromatic rings. The van der Waals surface area contributed by atoms with Crippen molar-refractivity contribution in [2.75, 3.05) is 0 Å². The first-order valence-corrected chi connectivity index (χ1v) is 8.14. The van der Waals surface area contributed by atoms with E-state index in [0.717, 1.165) is 12.8 Å². The minimum Gasteiger partial charge on any atom is -0.481 e. The van der Waals surface area contributed by atoms with Gasteiger partial charge < -0.3 is 20.4 Å². The van der Waals surface area contributed by atoms with Crippen LogP contribution < -0.4 is 0 Å². The van der Waals surface area contributed by atoms with E-state index in [-0.39, 0.29) is 12.3 Å². The summed E-state index contributed by atoms with van der Waals surface area (Å²) in [6.07, 6.45) is 2.09. The number of aliphatic carboxylic acids is 4. The van der Waals surface area contributed by atoms with Crippen LogP contribution >= 0.6 is 0 Å². The summed E-state index contributed by atoms with van der Waals surface area (Å²) in [5.74, 6) is -9.62. The summed E-state index contributed by atoms with van der Waals surface area (Å²) in [6, 6.07) is 0. The third-order valence-electron chi connectivity index (χ3n) is 5.68. The first-order valence-electron chi connectivity index (χ1n) is 8.14. The van der Waals surface area contributed by atoms with Crippen LogP contribution in [0.25, 0.3) is 0 Å². The van der Waals surface area contributed by atoms with Gasteiger partial charge in [-0.1, -0.05) is 12.8 Å². The smallest absolute Gasteiger partial charge is 0.307 e. The molecule has 6 atom stereocenters. The lowest BCUT2D eigenvalue weighted by atomic mass is 9.54. The number of carboxylic acid groups (broad SMARTS) is 4. The Kier molecular flexibility index (Phi) is 5.46. The Labute approximate surface area is 138 Å². The second-order valence-corrected chi connectivity index (χ2v) is 6.86. The van der Waals surface area contributed by atoms with Crippen molar-refractivity contribution in [3.8, 4) is 0 Å². The van der Waals surface area contributed by atoms with Crippen molar-refractivity contribution in [2.24, 2.45) is 35.5 Å². The fourth-order valence-electron chi connectivity index (χ4n) is 4.76. The van der Waals surface area contributed by atoms with Gasteiger partial charge in [0.25, 0.3) is 0 Å². The molecule has 4 N–H and O–H groups in total. The van der Waals surface area contributed by atoms with Gasteiger partial charge in [-0.3, -0.25) is 19.2 Å².